The molecule has 0 saturated heterocycles. The third-order valence-electron chi connectivity index (χ3n) is 1.67. The van der Waals surface area contributed by atoms with E-state index in [9.17, 15) is 4.79 Å². The van der Waals surface area contributed by atoms with Crippen molar-refractivity contribution < 1.29 is 4.79 Å². The van der Waals surface area contributed by atoms with Crippen molar-refractivity contribution in [2.45, 2.75) is 6.42 Å². The number of primary amides is 1. The van der Waals surface area contributed by atoms with Crippen molar-refractivity contribution >= 4 is 5.91 Å². The molecule has 0 aromatic rings. The molecular formula is C8H19N3O. The van der Waals surface area contributed by atoms with E-state index in [1.807, 2.05) is 21.1 Å². The average Bonchev–Trinajstić information content (AvgIpc) is 1.96. The summed E-state index contributed by atoms with van der Waals surface area (Å²) >= 11 is 0. The Morgan fingerprint density at radius 3 is 2.17 bits per heavy atom. The number of hydrogen-bond acceptors (Lipinski definition) is 3. The van der Waals surface area contributed by atoms with Crippen molar-refractivity contribution in [2.24, 2.45) is 5.73 Å². The summed E-state index contributed by atoms with van der Waals surface area (Å²) in [6.45, 7) is 2.73. The highest BCUT2D eigenvalue weighted by molar-refractivity contribution is 5.73. The third kappa shape index (κ3) is 7.50. The highest BCUT2D eigenvalue weighted by Gasteiger charge is 2.00. The van der Waals surface area contributed by atoms with Crippen LogP contribution in [-0.2, 0) is 4.79 Å². The zero-order valence-electron chi connectivity index (χ0n) is 8.21. The first-order chi connectivity index (χ1) is 5.52. The molecule has 0 spiro atoms. The molecular weight excluding hydrogens is 154 g/mol. The molecule has 0 saturated carbocycles. The molecule has 0 unspecified atom stereocenters. The highest BCUT2D eigenvalue weighted by Crippen LogP contribution is 1.86. The smallest absolute Gasteiger partial charge is 0.218 e. The quantitative estimate of drug-likeness (QED) is 0.581. The SMILES string of the molecule is CN(C)CCN(C)CCC(N)=O. The first kappa shape index (κ1) is 11.4. The molecule has 0 fully saturated rings. The van der Waals surface area contributed by atoms with E-state index >= 15 is 0 Å². The molecule has 0 aliphatic heterocycles. The molecule has 0 aliphatic rings. The van der Waals surface area contributed by atoms with Crippen LogP contribution in [0.1, 0.15) is 6.42 Å². The Morgan fingerprint density at radius 1 is 1.17 bits per heavy atom. The van der Waals surface area contributed by atoms with Gasteiger partial charge < -0.3 is 15.5 Å². The minimum Gasteiger partial charge on any atom is -0.370 e. The van der Waals surface area contributed by atoms with Crippen molar-refractivity contribution in [3.63, 3.8) is 0 Å². The maximum Gasteiger partial charge on any atom is 0.218 e. The van der Waals surface area contributed by atoms with Crippen LogP contribution in [0.25, 0.3) is 0 Å². The van der Waals surface area contributed by atoms with Crippen LogP contribution in [-0.4, -0.2) is 56.5 Å². The van der Waals surface area contributed by atoms with Crippen LogP contribution in [0.4, 0.5) is 0 Å². The molecule has 2 N–H and O–H groups in total. The monoisotopic (exact) mass is 173 g/mol. The molecule has 0 bridgehead atoms. The molecule has 4 nitrogen and oxygen atoms in total. The molecule has 4 heteroatoms. The lowest BCUT2D eigenvalue weighted by Crippen LogP contribution is -2.31. The minimum absolute atomic E-state index is 0.230. The lowest BCUT2D eigenvalue weighted by Gasteiger charge is -2.18. The van der Waals surface area contributed by atoms with E-state index in [1.165, 1.54) is 0 Å². The van der Waals surface area contributed by atoms with Crippen LogP contribution in [0.15, 0.2) is 0 Å². The summed E-state index contributed by atoms with van der Waals surface area (Å²) in [7, 11) is 6.05. The Hall–Kier alpha value is -0.610. The largest absolute Gasteiger partial charge is 0.370 e. The zero-order valence-corrected chi connectivity index (χ0v) is 8.21. The summed E-state index contributed by atoms with van der Waals surface area (Å²) in [6, 6.07) is 0. The molecule has 12 heavy (non-hydrogen) atoms. The number of amides is 1. The first-order valence-corrected chi connectivity index (χ1v) is 4.14. The molecule has 0 radical (unpaired) electrons. The van der Waals surface area contributed by atoms with Crippen LogP contribution in [0, 0.1) is 0 Å². The van der Waals surface area contributed by atoms with Gasteiger partial charge in [0.05, 0.1) is 0 Å². The van der Waals surface area contributed by atoms with E-state index in [2.05, 4.69) is 9.80 Å². The van der Waals surface area contributed by atoms with Crippen molar-refractivity contribution in [3.8, 4) is 0 Å². The van der Waals surface area contributed by atoms with Gasteiger partial charge in [-0.15, -0.1) is 0 Å². The van der Waals surface area contributed by atoms with E-state index in [0.29, 0.717) is 6.42 Å². The summed E-state index contributed by atoms with van der Waals surface area (Å²) in [6.07, 6.45) is 0.448. The first-order valence-electron chi connectivity index (χ1n) is 4.14. The number of carbonyl (C=O) groups excluding carboxylic acids is 1. The van der Waals surface area contributed by atoms with Gasteiger partial charge in [0.25, 0.3) is 0 Å². The maximum atomic E-state index is 10.4. The summed E-state index contributed by atoms with van der Waals surface area (Å²) < 4.78 is 0. The van der Waals surface area contributed by atoms with Gasteiger partial charge in [-0.2, -0.15) is 0 Å². The fourth-order valence-electron chi connectivity index (χ4n) is 0.784. The van der Waals surface area contributed by atoms with E-state index in [0.717, 1.165) is 19.6 Å². The summed E-state index contributed by atoms with van der Waals surface area (Å²) in [5, 5.41) is 0. The van der Waals surface area contributed by atoms with E-state index in [1.54, 1.807) is 0 Å². The molecule has 1 amide bonds. The van der Waals surface area contributed by atoms with E-state index in [4.69, 9.17) is 5.73 Å². The van der Waals surface area contributed by atoms with Gasteiger partial charge in [0.15, 0.2) is 0 Å². The summed E-state index contributed by atoms with van der Waals surface area (Å²) in [5.74, 6) is -0.230. The molecule has 0 rings (SSSR count). The van der Waals surface area contributed by atoms with Gasteiger partial charge in [0.2, 0.25) is 5.91 Å². The number of hydrogen-bond donors (Lipinski definition) is 1. The van der Waals surface area contributed by atoms with Crippen molar-refractivity contribution in [1.82, 2.24) is 9.80 Å². The Bertz CT molecular complexity index is 136. The van der Waals surface area contributed by atoms with Crippen LogP contribution < -0.4 is 5.73 Å². The van der Waals surface area contributed by atoms with Crippen molar-refractivity contribution in [1.29, 1.82) is 0 Å². The molecule has 72 valence electrons. The molecule has 0 aliphatic carbocycles. The van der Waals surface area contributed by atoms with Crippen LogP contribution in [0.3, 0.4) is 0 Å². The lowest BCUT2D eigenvalue weighted by atomic mass is 10.4. The Kier molecular flexibility index (Phi) is 5.66. The Balaban J connectivity index is 3.33. The van der Waals surface area contributed by atoms with Gasteiger partial charge in [0, 0.05) is 26.1 Å². The number of carbonyl (C=O) groups is 1. The second-order valence-electron chi connectivity index (χ2n) is 3.32. The fourth-order valence-corrected chi connectivity index (χ4v) is 0.784. The van der Waals surface area contributed by atoms with Gasteiger partial charge in [-0.25, -0.2) is 0 Å². The van der Waals surface area contributed by atoms with Crippen LogP contribution in [0.5, 0.6) is 0 Å². The standard InChI is InChI=1S/C8H19N3O/c1-10(2)6-7-11(3)5-4-8(9)12/h4-7H2,1-3H3,(H2,9,12). The summed E-state index contributed by atoms with van der Waals surface area (Å²) in [4.78, 5) is 14.6. The highest BCUT2D eigenvalue weighted by atomic mass is 16.1. The van der Waals surface area contributed by atoms with Crippen molar-refractivity contribution in [3.05, 3.63) is 0 Å². The molecule has 0 atom stereocenters. The minimum atomic E-state index is -0.230. The normalized spacial score (nSPS) is 11.1. The zero-order chi connectivity index (χ0) is 9.56. The van der Waals surface area contributed by atoms with Crippen LogP contribution >= 0.6 is 0 Å². The van der Waals surface area contributed by atoms with E-state index < -0.39 is 0 Å². The number of nitrogens with zero attached hydrogens (tertiary/aromatic N) is 2. The van der Waals surface area contributed by atoms with Gasteiger partial charge in [-0.1, -0.05) is 0 Å². The average molecular weight is 173 g/mol. The van der Waals surface area contributed by atoms with E-state index in [-0.39, 0.29) is 5.91 Å². The van der Waals surface area contributed by atoms with Gasteiger partial charge in [-0.3, -0.25) is 4.79 Å². The fraction of sp³-hybridized carbons (Fsp3) is 0.875. The van der Waals surface area contributed by atoms with Gasteiger partial charge in [0.1, 0.15) is 0 Å². The second kappa shape index (κ2) is 5.97. The predicted molar refractivity (Wildman–Crippen MR) is 49.9 cm³/mol. The second-order valence-corrected chi connectivity index (χ2v) is 3.32. The van der Waals surface area contributed by atoms with Gasteiger partial charge in [-0.05, 0) is 21.1 Å². The predicted octanol–water partition coefficient (Wildman–Crippen LogP) is -0.645. The molecule has 0 heterocycles. The number of rotatable bonds is 6. The van der Waals surface area contributed by atoms with Crippen LogP contribution in [0.2, 0.25) is 0 Å². The Labute approximate surface area is 74.3 Å². The lowest BCUT2D eigenvalue weighted by molar-refractivity contribution is -0.118. The Morgan fingerprint density at radius 2 is 1.75 bits per heavy atom. The topological polar surface area (TPSA) is 49.6 Å². The maximum absolute atomic E-state index is 10.4. The summed E-state index contributed by atoms with van der Waals surface area (Å²) in [5.41, 5.74) is 5.02. The number of likely N-dealkylation sites (N-methyl/N-ethyl adjacent to an activating group) is 2. The number of nitrogens with two attached hydrogens (primary N) is 1. The van der Waals surface area contributed by atoms with Crippen molar-refractivity contribution in [2.75, 3.05) is 40.8 Å². The molecule has 0 aromatic heterocycles. The molecule has 0 aromatic carbocycles. The van der Waals surface area contributed by atoms with Gasteiger partial charge >= 0.3 is 0 Å². The third-order valence-corrected chi connectivity index (χ3v) is 1.67.